The van der Waals surface area contributed by atoms with Crippen LogP contribution in [0.5, 0.6) is 11.5 Å². The molecule has 21 heavy (non-hydrogen) atoms. The van der Waals surface area contributed by atoms with Gasteiger partial charge in [0, 0.05) is 4.47 Å². The van der Waals surface area contributed by atoms with Crippen LogP contribution in [-0.4, -0.2) is 24.4 Å². The summed E-state index contributed by atoms with van der Waals surface area (Å²) >= 11 is 3.14. The molecule has 0 aliphatic rings. The largest absolute Gasteiger partial charge is 0.491 e. The topological polar surface area (TPSA) is 38.7 Å². The van der Waals surface area contributed by atoms with E-state index in [2.05, 4.69) is 15.9 Å². The summed E-state index contributed by atoms with van der Waals surface area (Å²) in [6.07, 6.45) is -0.932. The summed E-state index contributed by atoms with van der Waals surface area (Å²) in [6, 6.07) is 9.81. The van der Waals surface area contributed by atoms with E-state index in [0.29, 0.717) is 10.2 Å². The summed E-state index contributed by atoms with van der Waals surface area (Å²) in [5, 5.41) is 9.72. The first-order chi connectivity index (χ1) is 10.0. The Morgan fingerprint density at radius 2 is 1.67 bits per heavy atom. The minimum atomic E-state index is -0.932. The number of aliphatic hydroxyl groups is 1. The quantitative estimate of drug-likeness (QED) is 0.858. The lowest BCUT2D eigenvalue weighted by Crippen LogP contribution is -2.25. The van der Waals surface area contributed by atoms with E-state index < -0.39 is 11.9 Å². The Balaban J connectivity index is 1.79. The molecule has 0 saturated carbocycles. The fraction of sp³-hybridized carbons (Fsp3) is 0.200. The van der Waals surface area contributed by atoms with Crippen LogP contribution in [0, 0.1) is 11.6 Å². The van der Waals surface area contributed by atoms with E-state index in [1.54, 1.807) is 6.07 Å². The second-order valence-electron chi connectivity index (χ2n) is 4.30. The van der Waals surface area contributed by atoms with Crippen molar-refractivity contribution >= 4 is 15.9 Å². The van der Waals surface area contributed by atoms with Crippen molar-refractivity contribution in [2.75, 3.05) is 13.2 Å². The van der Waals surface area contributed by atoms with Gasteiger partial charge in [-0.3, -0.25) is 0 Å². The molecule has 2 aromatic rings. The number of aliphatic hydroxyl groups excluding tert-OH is 1. The first kappa shape index (κ1) is 15.7. The van der Waals surface area contributed by atoms with Gasteiger partial charge < -0.3 is 14.6 Å². The van der Waals surface area contributed by atoms with E-state index in [1.165, 1.54) is 36.4 Å². The highest BCUT2D eigenvalue weighted by atomic mass is 79.9. The summed E-state index contributed by atoms with van der Waals surface area (Å²) < 4.78 is 37.2. The maximum absolute atomic E-state index is 13.5. The van der Waals surface area contributed by atoms with Gasteiger partial charge in [-0.25, -0.2) is 8.78 Å². The second kappa shape index (κ2) is 7.38. The third kappa shape index (κ3) is 4.99. The fourth-order valence-corrected chi connectivity index (χ4v) is 1.88. The number of hydrogen-bond donors (Lipinski definition) is 1. The van der Waals surface area contributed by atoms with E-state index in [0.717, 1.165) is 0 Å². The molecule has 0 fully saturated rings. The highest BCUT2D eigenvalue weighted by Gasteiger charge is 2.09. The van der Waals surface area contributed by atoms with E-state index in [9.17, 15) is 13.9 Å². The third-order valence-corrected chi connectivity index (χ3v) is 3.07. The van der Waals surface area contributed by atoms with Crippen LogP contribution in [0.15, 0.2) is 46.9 Å². The van der Waals surface area contributed by atoms with Crippen LogP contribution >= 0.6 is 15.9 Å². The molecule has 0 saturated heterocycles. The van der Waals surface area contributed by atoms with Crippen molar-refractivity contribution in [1.82, 2.24) is 0 Å². The molecule has 2 rings (SSSR count). The molecule has 112 valence electrons. The average molecular weight is 359 g/mol. The molecule has 0 radical (unpaired) electrons. The van der Waals surface area contributed by atoms with Crippen LogP contribution in [0.2, 0.25) is 0 Å². The predicted octanol–water partition coefficient (Wildman–Crippen LogP) is 3.55. The highest BCUT2D eigenvalue weighted by Crippen LogP contribution is 2.21. The molecular weight excluding hydrogens is 346 g/mol. The zero-order valence-corrected chi connectivity index (χ0v) is 12.5. The van der Waals surface area contributed by atoms with E-state index in [-0.39, 0.29) is 24.8 Å². The molecular formula is C15H13BrF2O3. The Labute approximate surface area is 129 Å². The summed E-state index contributed by atoms with van der Waals surface area (Å²) in [5.41, 5.74) is 0. The number of benzene rings is 2. The molecule has 0 amide bonds. The van der Waals surface area contributed by atoms with Gasteiger partial charge in [0.15, 0.2) is 11.6 Å². The van der Waals surface area contributed by atoms with Crippen molar-refractivity contribution in [2.45, 2.75) is 6.10 Å². The predicted molar refractivity (Wildman–Crippen MR) is 77.5 cm³/mol. The third-order valence-electron chi connectivity index (χ3n) is 2.58. The molecule has 0 spiro atoms. The van der Waals surface area contributed by atoms with Gasteiger partial charge in [0.05, 0.1) is 0 Å². The van der Waals surface area contributed by atoms with Crippen molar-refractivity contribution in [3.63, 3.8) is 0 Å². The van der Waals surface area contributed by atoms with Gasteiger partial charge in [0.2, 0.25) is 0 Å². The van der Waals surface area contributed by atoms with Crippen LogP contribution < -0.4 is 9.47 Å². The van der Waals surface area contributed by atoms with Gasteiger partial charge in [-0.15, -0.1) is 0 Å². The lowest BCUT2D eigenvalue weighted by Gasteiger charge is -2.14. The Morgan fingerprint density at radius 3 is 2.33 bits per heavy atom. The number of hydrogen-bond acceptors (Lipinski definition) is 3. The summed E-state index contributed by atoms with van der Waals surface area (Å²) in [7, 11) is 0. The van der Waals surface area contributed by atoms with Crippen molar-refractivity contribution in [3.05, 3.63) is 58.6 Å². The van der Waals surface area contributed by atoms with Crippen LogP contribution in [-0.2, 0) is 0 Å². The monoisotopic (exact) mass is 358 g/mol. The SMILES string of the molecule is OC(COc1ccc(F)cc1)COc1ccc(Br)cc1F. The van der Waals surface area contributed by atoms with Gasteiger partial charge in [-0.05, 0) is 42.5 Å². The Bertz CT molecular complexity index is 590. The summed E-state index contributed by atoms with van der Waals surface area (Å²) in [6.45, 7) is -0.149. The van der Waals surface area contributed by atoms with Crippen LogP contribution in [0.3, 0.4) is 0 Å². The molecule has 0 aliphatic carbocycles. The molecule has 6 heteroatoms. The van der Waals surface area contributed by atoms with Crippen LogP contribution in [0.25, 0.3) is 0 Å². The molecule has 0 heterocycles. The van der Waals surface area contributed by atoms with E-state index in [4.69, 9.17) is 9.47 Å². The number of ether oxygens (including phenoxy) is 2. The molecule has 0 aliphatic heterocycles. The standard InChI is InChI=1S/C15H13BrF2O3/c16-10-1-6-15(14(18)7-10)21-9-12(19)8-20-13-4-2-11(17)3-5-13/h1-7,12,19H,8-9H2. The lowest BCUT2D eigenvalue weighted by atomic mass is 10.3. The number of rotatable bonds is 6. The van der Waals surface area contributed by atoms with Gasteiger partial charge >= 0.3 is 0 Å². The maximum atomic E-state index is 13.5. The Hall–Kier alpha value is -1.66. The smallest absolute Gasteiger partial charge is 0.166 e. The molecule has 1 atom stereocenters. The van der Waals surface area contributed by atoms with Gasteiger partial charge in [0.1, 0.15) is 30.9 Å². The van der Waals surface area contributed by atoms with Crippen molar-refractivity contribution in [1.29, 1.82) is 0 Å². The van der Waals surface area contributed by atoms with Gasteiger partial charge in [0.25, 0.3) is 0 Å². The minimum Gasteiger partial charge on any atom is -0.491 e. The normalized spacial score (nSPS) is 12.0. The summed E-state index contributed by atoms with van der Waals surface area (Å²) in [5.74, 6) is -0.391. The molecule has 1 unspecified atom stereocenters. The number of halogens is 3. The molecule has 0 bridgehead atoms. The highest BCUT2D eigenvalue weighted by molar-refractivity contribution is 9.10. The van der Waals surface area contributed by atoms with E-state index in [1.807, 2.05) is 0 Å². The zero-order chi connectivity index (χ0) is 15.2. The fourth-order valence-electron chi connectivity index (χ4n) is 1.55. The van der Waals surface area contributed by atoms with Crippen LogP contribution in [0.1, 0.15) is 0 Å². The first-order valence-electron chi connectivity index (χ1n) is 6.19. The Morgan fingerprint density at radius 1 is 1.00 bits per heavy atom. The van der Waals surface area contributed by atoms with Crippen molar-refractivity contribution in [2.24, 2.45) is 0 Å². The molecule has 0 aromatic heterocycles. The lowest BCUT2D eigenvalue weighted by molar-refractivity contribution is 0.0612. The average Bonchev–Trinajstić information content (AvgIpc) is 2.46. The molecule has 1 N–H and O–H groups in total. The van der Waals surface area contributed by atoms with Gasteiger partial charge in [-0.2, -0.15) is 0 Å². The zero-order valence-electron chi connectivity index (χ0n) is 10.9. The van der Waals surface area contributed by atoms with Crippen molar-refractivity contribution < 1.29 is 23.4 Å². The van der Waals surface area contributed by atoms with Crippen LogP contribution in [0.4, 0.5) is 8.78 Å². The molecule has 3 nitrogen and oxygen atoms in total. The van der Waals surface area contributed by atoms with Crippen molar-refractivity contribution in [3.8, 4) is 11.5 Å². The Kier molecular flexibility index (Phi) is 5.52. The molecule has 2 aromatic carbocycles. The second-order valence-corrected chi connectivity index (χ2v) is 5.22. The maximum Gasteiger partial charge on any atom is 0.166 e. The van der Waals surface area contributed by atoms with E-state index >= 15 is 0 Å². The minimum absolute atomic E-state index is 0.0379. The first-order valence-corrected chi connectivity index (χ1v) is 6.98. The summed E-state index contributed by atoms with van der Waals surface area (Å²) in [4.78, 5) is 0. The van der Waals surface area contributed by atoms with Gasteiger partial charge in [-0.1, -0.05) is 15.9 Å².